The van der Waals surface area contributed by atoms with Crippen LogP contribution in [0.15, 0.2) is 0 Å². The molecule has 0 unspecified atom stereocenters. The third-order valence-electron chi connectivity index (χ3n) is 2.71. The lowest BCUT2D eigenvalue weighted by molar-refractivity contribution is -0.137. The van der Waals surface area contributed by atoms with Crippen molar-refractivity contribution in [2.45, 2.75) is 48.5 Å². The maximum absolute atomic E-state index is 11.9. The summed E-state index contributed by atoms with van der Waals surface area (Å²) in [5.74, 6) is 0.759. The van der Waals surface area contributed by atoms with E-state index in [0.717, 1.165) is 0 Å². The lowest BCUT2D eigenvalue weighted by atomic mass is 9.69. The normalized spacial score (nSPS) is 13.7. The van der Waals surface area contributed by atoms with Gasteiger partial charge in [-0.1, -0.05) is 48.5 Å². The molecule has 0 aromatic rings. The second-order valence-electron chi connectivity index (χ2n) is 5.46. The highest BCUT2D eigenvalue weighted by molar-refractivity contribution is 5.88. The summed E-state index contributed by atoms with van der Waals surface area (Å²) in [4.78, 5) is 11.9. The Morgan fingerprint density at radius 2 is 1.33 bits per heavy atom. The van der Waals surface area contributed by atoms with Gasteiger partial charge < -0.3 is 0 Å². The van der Waals surface area contributed by atoms with Crippen LogP contribution in [-0.2, 0) is 4.79 Å². The monoisotopic (exact) mass is 170 g/mol. The van der Waals surface area contributed by atoms with Gasteiger partial charge in [-0.2, -0.15) is 0 Å². The molecule has 72 valence electrons. The molecule has 0 atom stereocenters. The van der Waals surface area contributed by atoms with Crippen molar-refractivity contribution in [3.8, 4) is 0 Å². The van der Waals surface area contributed by atoms with Gasteiger partial charge in [-0.15, -0.1) is 0 Å². The Kier molecular flexibility index (Phi) is 3.11. The fourth-order valence-electron chi connectivity index (χ4n) is 1.23. The summed E-state index contributed by atoms with van der Waals surface area (Å²) >= 11 is 0. The zero-order chi connectivity index (χ0) is 10.2. The van der Waals surface area contributed by atoms with E-state index in [9.17, 15) is 4.79 Å². The Bertz CT molecular complexity index is 170. The van der Waals surface area contributed by atoms with Gasteiger partial charge in [0.2, 0.25) is 0 Å². The van der Waals surface area contributed by atoms with Gasteiger partial charge in [-0.25, -0.2) is 0 Å². The highest BCUT2D eigenvalue weighted by Crippen LogP contribution is 2.34. The summed E-state index contributed by atoms with van der Waals surface area (Å²) in [5.41, 5.74) is -0.411. The van der Waals surface area contributed by atoms with Crippen LogP contribution in [0.1, 0.15) is 48.5 Å². The van der Waals surface area contributed by atoms with Gasteiger partial charge in [0.1, 0.15) is 5.78 Å². The van der Waals surface area contributed by atoms with Gasteiger partial charge >= 0.3 is 0 Å². The van der Waals surface area contributed by atoms with Crippen molar-refractivity contribution in [3.05, 3.63) is 0 Å². The molecule has 0 amide bonds. The van der Waals surface area contributed by atoms with E-state index in [1.807, 2.05) is 34.6 Å². The van der Waals surface area contributed by atoms with Crippen molar-refractivity contribution in [2.75, 3.05) is 0 Å². The molecule has 12 heavy (non-hydrogen) atoms. The first-order chi connectivity index (χ1) is 5.10. The Labute approximate surface area is 76.6 Å². The molecule has 0 rings (SSSR count). The Hall–Kier alpha value is -0.330. The summed E-state index contributed by atoms with van der Waals surface area (Å²) < 4.78 is 0. The molecule has 0 aromatic heterocycles. The Morgan fingerprint density at radius 3 is 1.42 bits per heavy atom. The summed E-state index contributed by atoms with van der Waals surface area (Å²) in [6, 6.07) is 0. The predicted octanol–water partition coefficient (Wildman–Crippen LogP) is 3.28. The highest BCUT2D eigenvalue weighted by Gasteiger charge is 2.37. The number of carbonyl (C=O) groups excluding carboxylic acids is 1. The number of carbonyl (C=O) groups is 1. The van der Waals surface area contributed by atoms with Crippen molar-refractivity contribution in [1.29, 1.82) is 0 Å². The van der Waals surface area contributed by atoms with Crippen LogP contribution in [0.2, 0.25) is 0 Å². The van der Waals surface area contributed by atoms with Crippen LogP contribution in [0.3, 0.4) is 0 Å². The quantitative estimate of drug-likeness (QED) is 0.621. The lowest BCUT2D eigenvalue weighted by Crippen LogP contribution is -2.38. The number of hydrogen-bond donors (Lipinski definition) is 0. The molecule has 1 nitrogen and oxygen atoms in total. The summed E-state index contributed by atoms with van der Waals surface area (Å²) in [5, 5.41) is 0. The maximum Gasteiger partial charge on any atom is 0.144 e. The van der Waals surface area contributed by atoms with Crippen LogP contribution in [0, 0.1) is 16.7 Å². The van der Waals surface area contributed by atoms with Gasteiger partial charge in [-0.05, 0) is 5.92 Å². The molecule has 0 saturated heterocycles. The fraction of sp³-hybridized carbons (Fsp3) is 0.909. The average Bonchev–Trinajstić information content (AvgIpc) is 1.83. The van der Waals surface area contributed by atoms with E-state index >= 15 is 0 Å². The van der Waals surface area contributed by atoms with Crippen LogP contribution in [-0.4, -0.2) is 5.78 Å². The Morgan fingerprint density at radius 1 is 1.00 bits per heavy atom. The van der Waals surface area contributed by atoms with E-state index in [2.05, 4.69) is 13.8 Å². The van der Waals surface area contributed by atoms with E-state index in [1.54, 1.807) is 0 Å². The fourth-order valence-corrected chi connectivity index (χ4v) is 1.23. The Balaban J connectivity index is 4.70. The zero-order valence-corrected chi connectivity index (χ0v) is 9.49. The minimum atomic E-state index is -0.215. The summed E-state index contributed by atoms with van der Waals surface area (Å²) in [6.45, 7) is 14.2. The van der Waals surface area contributed by atoms with Gasteiger partial charge in [0.25, 0.3) is 0 Å². The lowest BCUT2D eigenvalue weighted by Gasteiger charge is -2.33. The number of hydrogen-bond acceptors (Lipinski definition) is 1. The van der Waals surface area contributed by atoms with Gasteiger partial charge in [0, 0.05) is 10.8 Å². The second kappa shape index (κ2) is 3.20. The van der Waals surface area contributed by atoms with E-state index < -0.39 is 0 Å². The predicted molar refractivity (Wildman–Crippen MR) is 53.1 cm³/mol. The maximum atomic E-state index is 11.9. The third kappa shape index (κ3) is 2.33. The molecule has 0 fully saturated rings. The SMILES string of the molecule is CC(C)C(C)(C)C(=O)C(C)(C)C. The topological polar surface area (TPSA) is 17.1 Å². The first-order valence-corrected chi connectivity index (χ1v) is 4.65. The number of ketones is 1. The van der Waals surface area contributed by atoms with Crippen molar-refractivity contribution < 1.29 is 4.79 Å². The molecular formula is C11H22O. The first kappa shape index (κ1) is 11.7. The van der Waals surface area contributed by atoms with Gasteiger partial charge in [0.05, 0.1) is 0 Å². The van der Waals surface area contributed by atoms with Crippen molar-refractivity contribution in [1.82, 2.24) is 0 Å². The number of Topliss-reactive ketones (excluding diaryl/α,β-unsaturated/α-hetero) is 1. The third-order valence-corrected chi connectivity index (χ3v) is 2.71. The smallest absolute Gasteiger partial charge is 0.144 e. The van der Waals surface area contributed by atoms with Crippen molar-refractivity contribution >= 4 is 5.78 Å². The van der Waals surface area contributed by atoms with Gasteiger partial charge in [-0.3, -0.25) is 4.79 Å². The molecule has 0 aliphatic heterocycles. The molecule has 0 heterocycles. The van der Waals surface area contributed by atoms with E-state index in [1.165, 1.54) is 0 Å². The minimum Gasteiger partial charge on any atom is -0.299 e. The summed E-state index contributed by atoms with van der Waals surface area (Å²) in [7, 11) is 0. The van der Waals surface area contributed by atoms with Crippen molar-refractivity contribution in [2.24, 2.45) is 16.7 Å². The zero-order valence-electron chi connectivity index (χ0n) is 9.49. The molecule has 0 aliphatic rings. The molecule has 1 heteroatoms. The minimum absolute atomic E-state index is 0.196. The molecule has 0 radical (unpaired) electrons. The van der Waals surface area contributed by atoms with Crippen LogP contribution < -0.4 is 0 Å². The first-order valence-electron chi connectivity index (χ1n) is 4.65. The molecular weight excluding hydrogens is 148 g/mol. The van der Waals surface area contributed by atoms with Crippen molar-refractivity contribution in [3.63, 3.8) is 0 Å². The van der Waals surface area contributed by atoms with E-state index in [4.69, 9.17) is 0 Å². The molecule has 0 aromatic carbocycles. The van der Waals surface area contributed by atoms with Gasteiger partial charge in [0.15, 0.2) is 0 Å². The van der Waals surface area contributed by atoms with Crippen LogP contribution >= 0.6 is 0 Å². The average molecular weight is 170 g/mol. The van der Waals surface area contributed by atoms with Crippen LogP contribution in [0.4, 0.5) is 0 Å². The van der Waals surface area contributed by atoms with Crippen LogP contribution in [0.25, 0.3) is 0 Å². The second-order valence-corrected chi connectivity index (χ2v) is 5.46. The molecule has 0 aliphatic carbocycles. The largest absolute Gasteiger partial charge is 0.299 e. The van der Waals surface area contributed by atoms with E-state index in [0.29, 0.717) is 11.7 Å². The molecule has 0 saturated carbocycles. The summed E-state index contributed by atoms with van der Waals surface area (Å²) in [6.07, 6.45) is 0. The molecule has 0 N–H and O–H groups in total. The highest BCUT2D eigenvalue weighted by atomic mass is 16.1. The molecule has 0 spiro atoms. The number of rotatable bonds is 2. The van der Waals surface area contributed by atoms with E-state index in [-0.39, 0.29) is 10.8 Å². The standard InChI is InChI=1S/C11H22O/c1-8(2)11(6,7)9(12)10(3,4)5/h8H,1-7H3. The van der Waals surface area contributed by atoms with Crippen LogP contribution in [0.5, 0.6) is 0 Å². The molecule has 0 bridgehead atoms.